The average Bonchev–Trinajstić information content (AvgIpc) is 3.03. The zero-order chi connectivity index (χ0) is 35.5. The summed E-state index contributed by atoms with van der Waals surface area (Å²) >= 11 is 0. The van der Waals surface area contributed by atoms with Crippen molar-refractivity contribution in [1.82, 2.24) is 10.6 Å². The van der Waals surface area contributed by atoms with Gasteiger partial charge in [-0.15, -0.1) is 0 Å². The second-order valence-electron chi connectivity index (χ2n) is 16.3. The number of rotatable bonds is 30. The van der Waals surface area contributed by atoms with Gasteiger partial charge in [-0.25, -0.2) is 4.79 Å². The SMILES string of the molecule is CCC(CCCCCCC(=O)NC1CC(C)(C)CC(C)(CNC(=O)OCCCCCC(CC)CCCCCOC)C1)CCCCCOC. The van der Waals surface area contributed by atoms with E-state index >= 15 is 0 Å². The standard InChI is InChI=1S/C41H80N2O5/c1-8-35(24-16-12-20-28-46-6)23-15-10-11-19-27-38(44)43-37-31-40(3,4)33-41(5,32-37)34-42-39(45)48-30-22-14-18-26-36(9-2)25-17-13-21-29-47-7/h35-37H,8-34H2,1-7H3,(H,42,45)(H,43,44). The highest BCUT2D eigenvalue weighted by atomic mass is 16.5. The highest BCUT2D eigenvalue weighted by Gasteiger charge is 2.41. The van der Waals surface area contributed by atoms with Gasteiger partial charge in [0.25, 0.3) is 0 Å². The number of hydrogen-bond donors (Lipinski definition) is 2. The van der Waals surface area contributed by atoms with Crippen LogP contribution in [0.1, 0.15) is 182 Å². The van der Waals surface area contributed by atoms with Crippen LogP contribution in [-0.2, 0) is 19.0 Å². The van der Waals surface area contributed by atoms with Crippen molar-refractivity contribution in [2.24, 2.45) is 22.7 Å². The first-order chi connectivity index (χ1) is 23.1. The maximum absolute atomic E-state index is 12.9. The molecular weight excluding hydrogens is 600 g/mol. The van der Waals surface area contributed by atoms with E-state index in [4.69, 9.17) is 14.2 Å². The highest BCUT2D eigenvalue weighted by molar-refractivity contribution is 5.76. The molecule has 0 spiro atoms. The fourth-order valence-electron chi connectivity index (χ4n) is 8.27. The Labute approximate surface area is 297 Å². The molecule has 0 radical (unpaired) electrons. The molecule has 0 aromatic heterocycles. The number of ether oxygens (including phenoxy) is 3. The van der Waals surface area contributed by atoms with Gasteiger partial charge in [0.05, 0.1) is 6.61 Å². The topological polar surface area (TPSA) is 85.9 Å². The van der Waals surface area contributed by atoms with E-state index in [1.807, 2.05) is 0 Å². The fraction of sp³-hybridized carbons (Fsp3) is 0.951. The van der Waals surface area contributed by atoms with Crippen LogP contribution in [0.15, 0.2) is 0 Å². The van der Waals surface area contributed by atoms with Gasteiger partial charge in [0.15, 0.2) is 0 Å². The Morgan fingerprint density at radius 3 is 1.65 bits per heavy atom. The summed E-state index contributed by atoms with van der Waals surface area (Å²) in [4.78, 5) is 25.4. The Kier molecular flexibility index (Phi) is 25.5. The van der Waals surface area contributed by atoms with Crippen molar-refractivity contribution in [3.05, 3.63) is 0 Å². The summed E-state index contributed by atoms with van der Waals surface area (Å²) in [5.74, 6) is 1.84. The van der Waals surface area contributed by atoms with Gasteiger partial charge in [0.2, 0.25) is 5.91 Å². The van der Waals surface area contributed by atoms with Gasteiger partial charge >= 0.3 is 6.09 Å². The van der Waals surface area contributed by atoms with Gasteiger partial charge in [-0.3, -0.25) is 4.79 Å². The first-order valence-corrected chi connectivity index (χ1v) is 20.2. The molecule has 4 atom stereocenters. The molecule has 1 aliphatic carbocycles. The Morgan fingerprint density at radius 1 is 0.667 bits per heavy atom. The molecule has 2 amide bonds. The molecule has 48 heavy (non-hydrogen) atoms. The van der Waals surface area contributed by atoms with E-state index in [1.165, 1.54) is 89.9 Å². The Balaban J connectivity index is 2.25. The van der Waals surface area contributed by atoms with Gasteiger partial charge in [-0.2, -0.15) is 0 Å². The molecule has 0 heterocycles. The summed E-state index contributed by atoms with van der Waals surface area (Å²) in [5, 5.41) is 6.42. The molecule has 0 bridgehead atoms. The molecule has 0 aliphatic heterocycles. The third-order valence-corrected chi connectivity index (χ3v) is 10.8. The number of amides is 2. The van der Waals surface area contributed by atoms with Crippen molar-refractivity contribution in [3.63, 3.8) is 0 Å². The third kappa shape index (κ3) is 23.1. The molecule has 1 aliphatic rings. The number of methoxy groups -OCH3 is 2. The molecule has 4 unspecified atom stereocenters. The summed E-state index contributed by atoms with van der Waals surface area (Å²) < 4.78 is 15.9. The van der Waals surface area contributed by atoms with E-state index in [9.17, 15) is 9.59 Å². The quantitative estimate of drug-likeness (QED) is 0.0738. The summed E-state index contributed by atoms with van der Waals surface area (Å²) in [6.07, 6.45) is 26.3. The molecule has 0 aromatic rings. The Hall–Kier alpha value is -1.34. The Bertz CT molecular complexity index is 806. The largest absolute Gasteiger partial charge is 0.450 e. The van der Waals surface area contributed by atoms with Crippen LogP contribution in [-0.4, -0.2) is 58.6 Å². The van der Waals surface area contributed by atoms with Gasteiger partial charge in [-0.1, -0.05) is 131 Å². The molecule has 7 heteroatoms. The molecule has 1 saturated carbocycles. The molecule has 0 aromatic carbocycles. The van der Waals surface area contributed by atoms with E-state index in [0.717, 1.165) is 76.4 Å². The van der Waals surface area contributed by atoms with Crippen LogP contribution in [0.3, 0.4) is 0 Å². The van der Waals surface area contributed by atoms with Gasteiger partial charge in [0.1, 0.15) is 0 Å². The van der Waals surface area contributed by atoms with Crippen molar-refractivity contribution < 1.29 is 23.8 Å². The minimum absolute atomic E-state index is 0.0724. The first-order valence-electron chi connectivity index (χ1n) is 20.2. The van der Waals surface area contributed by atoms with E-state index in [-0.39, 0.29) is 28.9 Å². The predicted octanol–water partition coefficient (Wildman–Crippen LogP) is 10.8. The maximum atomic E-state index is 12.9. The summed E-state index contributed by atoms with van der Waals surface area (Å²) in [6.45, 7) is 14.3. The van der Waals surface area contributed by atoms with Crippen molar-refractivity contribution in [1.29, 1.82) is 0 Å². The number of carbonyl (C=O) groups is 2. The van der Waals surface area contributed by atoms with Crippen LogP contribution >= 0.6 is 0 Å². The number of hydrogen-bond acceptors (Lipinski definition) is 5. The third-order valence-electron chi connectivity index (χ3n) is 10.8. The lowest BCUT2D eigenvalue weighted by Crippen LogP contribution is -2.50. The van der Waals surface area contributed by atoms with Crippen LogP contribution in [0, 0.1) is 22.7 Å². The minimum atomic E-state index is -0.310. The van der Waals surface area contributed by atoms with Crippen LogP contribution in [0.2, 0.25) is 0 Å². The molecular formula is C41H80N2O5. The number of nitrogens with one attached hydrogen (secondary N) is 2. The molecule has 2 N–H and O–H groups in total. The van der Waals surface area contributed by atoms with Crippen molar-refractivity contribution in [2.75, 3.05) is 40.6 Å². The van der Waals surface area contributed by atoms with Gasteiger partial charge < -0.3 is 24.8 Å². The molecule has 1 rings (SSSR count). The van der Waals surface area contributed by atoms with E-state index < -0.39 is 0 Å². The second kappa shape index (κ2) is 27.4. The normalized spacial score (nSPS) is 20.3. The number of alkyl carbamates (subject to hydrolysis) is 1. The maximum Gasteiger partial charge on any atom is 0.407 e. The highest BCUT2D eigenvalue weighted by Crippen LogP contribution is 2.45. The molecule has 1 fully saturated rings. The average molecular weight is 681 g/mol. The minimum Gasteiger partial charge on any atom is -0.450 e. The molecule has 7 nitrogen and oxygen atoms in total. The van der Waals surface area contributed by atoms with Crippen molar-refractivity contribution >= 4 is 12.0 Å². The monoisotopic (exact) mass is 681 g/mol. The predicted molar refractivity (Wildman–Crippen MR) is 201 cm³/mol. The van der Waals surface area contributed by atoms with E-state index in [2.05, 4.69) is 45.3 Å². The fourth-order valence-corrected chi connectivity index (χ4v) is 8.27. The van der Waals surface area contributed by atoms with Crippen LogP contribution in [0.5, 0.6) is 0 Å². The second-order valence-corrected chi connectivity index (χ2v) is 16.3. The molecule has 284 valence electrons. The van der Waals surface area contributed by atoms with Gasteiger partial charge in [-0.05, 0) is 67.6 Å². The molecule has 0 saturated heterocycles. The number of carbonyl (C=O) groups excluding carboxylic acids is 2. The Morgan fingerprint density at radius 2 is 1.15 bits per heavy atom. The smallest absolute Gasteiger partial charge is 0.407 e. The van der Waals surface area contributed by atoms with Gasteiger partial charge in [0, 0.05) is 46.4 Å². The lowest BCUT2D eigenvalue weighted by Gasteiger charge is -2.46. The zero-order valence-corrected chi connectivity index (χ0v) is 32.9. The van der Waals surface area contributed by atoms with Crippen molar-refractivity contribution in [2.45, 2.75) is 188 Å². The van der Waals surface area contributed by atoms with E-state index in [1.54, 1.807) is 14.2 Å². The van der Waals surface area contributed by atoms with E-state index in [0.29, 0.717) is 19.6 Å². The lowest BCUT2D eigenvalue weighted by atomic mass is 9.62. The first kappa shape index (κ1) is 44.7. The van der Waals surface area contributed by atoms with Crippen LogP contribution < -0.4 is 10.6 Å². The van der Waals surface area contributed by atoms with Crippen LogP contribution in [0.4, 0.5) is 4.79 Å². The zero-order valence-electron chi connectivity index (χ0n) is 32.9. The lowest BCUT2D eigenvalue weighted by molar-refractivity contribution is -0.122. The summed E-state index contributed by atoms with van der Waals surface area (Å²) in [7, 11) is 3.56. The number of unbranched alkanes of at least 4 members (excludes halogenated alkanes) is 9. The summed E-state index contributed by atoms with van der Waals surface area (Å²) in [5.41, 5.74) is 0.0352. The summed E-state index contributed by atoms with van der Waals surface area (Å²) in [6, 6.07) is 0.149. The van der Waals surface area contributed by atoms with Crippen LogP contribution in [0.25, 0.3) is 0 Å². The van der Waals surface area contributed by atoms with Crippen molar-refractivity contribution in [3.8, 4) is 0 Å².